The molecule has 0 fully saturated rings. The Bertz CT molecular complexity index is 419. The Morgan fingerprint density at radius 1 is 1.00 bits per heavy atom. The maximum atomic E-state index is 10.9. The van der Waals surface area contributed by atoms with Crippen molar-refractivity contribution in [1.82, 2.24) is 0 Å². The quantitative estimate of drug-likeness (QED) is 0.349. The predicted molar refractivity (Wildman–Crippen MR) is 80.5 cm³/mol. The first kappa shape index (κ1) is 19.3. The highest BCUT2D eigenvalue weighted by molar-refractivity contribution is 5.94. The number of hydrogen-bond donors (Lipinski definition) is 0. The zero-order valence-corrected chi connectivity index (χ0v) is 13.3. The average Bonchev–Trinajstić information content (AvgIpc) is 2.40. The summed E-state index contributed by atoms with van der Waals surface area (Å²) >= 11 is 0. The standard InChI is InChI=1S/C10H10O3.C6H14O2/c1-7(11)9-3-5-10(6-4-9)13-8(2)12;1-4-7-6(3)8-5-2/h3-6H,1-2H3;6H,4-5H2,1-3H3. The molecule has 0 amide bonds. The number of carbonyl (C=O) groups excluding carboxylic acids is 2. The molecule has 0 saturated heterocycles. The molecular weight excluding hydrogens is 272 g/mol. The van der Waals surface area contributed by atoms with Crippen LogP contribution in [0.15, 0.2) is 24.3 Å². The van der Waals surface area contributed by atoms with E-state index in [1.165, 1.54) is 13.8 Å². The number of esters is 1. The van der Waals surface area contributed by atoms with Gasteiger partial charge in [-0.05, 0) is 52.0 Å². The number of Topliss-reactive ketones (excluding diaryl/α,β-unsaturated/α-hetero) is 1. The van der Waals surface area contributed by atoms with Crippen LogP contribution in [-0.2, 0) is 14.3 Å². The first-order chi connectivity index (χ1) is 9.90. The second kappa shape index (κ2) is 11.0. The summed E-state index contributed by atoms with van der Waals surface area (Å²) in [5, 5.41) is 0. The van der Waals surface area contributed by atoms with Gasteiger partial charge in [-0.2, -0.15) is 0 Å². The van der Waals surface area contributed by atoms with Crippen molar-refractivity contribution in [2.24, 2.45) is 0 Å². The van der Waals surface area contributed by atoms with Crippen LogP contribution in [0.3, 0.4) is 0 Å². The van der Waals surface area contributed by atoms with Crippen molar-refractivity contribution in [3.8, 4) is 5.75 Å². The minimum absolute atomic E-state index is 0.00521. The Hall–Kier alpha value is -1.72. The van der Waals surface area contributed by atoms with E-state index in [-0.39, 0.29) is 18.0 Å². The Balaban J connectivity index is 0.000000433. The minimum atomic E-state index is -0.365. The third-order valence-electron chi connectivity index (χ3n) is 2.33. The van der Waals surface area contributed by atoms with Crippen molar-refractivity contribution >= 4 is 11.8 Å². The van der Waals surface area contributed by atoms with Crippen molar-refractivity contribution in [3.05, 3.63) is 29.8 Å². The van der Waals surface area contributed by atoms with Crippen molar-refractivity contribution in [3.63, 3.8) is 0 Å². The van der Waals surface area contributed by atoms with Gasteiger partial charge in [0.1, 0.15) is 5.75 Å². The number of carbonyl (C=O) groups is 2. The van der Waals surface area contributed by atoms with Gasteiger partial charge in [0.2, 0.25) is 0 Å². The molecule has 1 rings (SSSR count). The summed E-state index contributed by atoms with van der Waals surface area (Å²) in [7, 11) is 0. The fourth-order valence-electron chi connectivity index (χ4n) is 1.44. The molecular formula is C16H24O5. The van der Waals surface area contributed by atoms with Crippen LogP contribution < -0.4 is 4.74 Å². The molecule has 0 N–H and O–H groups in total. The van der Waals surface area contributed by atoms with Crippen LogP contribution in [0, 0.1) is 0 Å². The Morgan fingerprint density at radius 3 is 1.81 bits per heavy atom. The maximum Gasteiger partial charge on any atom is 0.308 e. The number of ketones is 1. The van der Waals surface area contributed by atoms with E-state index in [1.54, 1.807) is 24.3 Å². The van der Waals surface area contributed by atoms with Crippen molar-refractivity contribution in [2.45, 2.75) is 40.9 Å². The van der Waals surface area contributed by atoms with E-state index in [0.717, 1.165) is 13.2 Å². The highest BCUT2D eigenvalue weighted by Crippen LogP contribution is 2.12. The molecule has 0 spiro atoms. The van der Waals surface area contributed by atoms with Crippen molar-refractivity contribution < 1.29 is 23.8 Å². The lowest BCUT2D eigenvalue weighted by Gasteiger charge is -2.09. The van der Waals surface area contributed by atoms with Crippen LogP contribution in [0.4, 0.5) is 0 Å². The highest BCUT2D eigenvalue weighted by Gasteiger charge is 2.00. The van der Waals surface area contributed by atoms with Gasteiger partial charge in [0.05, 0.1) is 0 Å². The van der Waals surface area contributed by atoms with Gasteiger partial charge in [-0.3, -0.25) is 9.59 Å². The molecule has 118 valence electrons. The van der Waals surface area contributed by atoms with Crippen LogP contribution in [0.2, 0.25) is 0 Å². The number of hydrogen-bond acceptors (Lipinski definition) is 5. The second-order valence-corrected chi connectivity index (χ2v) is 4.15. The Morgan fingerprint density at radius 2 is 1.48 bits per heavy atom. The van der Waals surface area contributed by atoms with E-state index in [1.807, 2.05) is 20.8 Å². The molecule has 0 aliphatic rings. The van der Waals surface area contributed by atoms with E-state index in [9.17, 15) is 9.59 Å². The zero-order valence-electron chi connectivity index (χ0n) is 13.3. The topological polar surface area (TPSA) is 61.8 Å². The van der Waals surface area contributed by atoms with Gasteiger partial charge in [-0.25, -0.2) is 0 Å². The summed E-state index contributed by atoms with van der Waals surface area (Å²) < 4.78 is 14.9. The normalized spacial score (nSPS) is 9.81. The third-order valence-corrected chi connectivity index (χ3v) is 2.33. The molecule has 0 unspecified atom stereocenters. The highest BCUT2D eigenvalue weighted by atomic mass is 16.7. The average molecular weight is 296 g/mol. The molecule has 0 aliphatic carbocycles. The summed E-state index contributed by atoms with van der Waals surface area (Å²) in [6, 6.07) is 6.44. The molecule has 21 heavy (non-hydrogen) atoms. The van der Waals surface area contributed by atoms with E-state index in [4.69, 9.17) is 14.2 Å². The lowest BCUT2D eigenvalue weighted by molar-refractivity contribution is -0.131. The van der Waals surface area contributed by atoms with E-state index in [0.29, 0.717) is 11.3 Å². The number of benzene rings is 1. The molecule has 0 aromatic heterocycles. The largest absolute Gasteiger partial charge is 0.427 e. The van der Waals surface area contributed by atoms with Crippen LogP contribution in [0.25, 0.3) is 0 Å². The molecule has 5 heteroatoms. The lowest BCUT2D eigenvalue weighted by Crippen LogP contribution is -2.11. The summed E-state index contributed by atoms with van der Waals surface area (Å²) in [4.78, 5) is 21.4. The Labute approximate surface area is 126 Å². The molecule has 1 aromatic carbocycles. The molecule has 0 radical (unpaired) electrons. The van der Waals surface area contributed by atoms with Gasteiger partial charge in [0.25, 0.3) is 0 Å². The van der Waals surface area contributed by atoms with Crippen LogP contribution in [0.5, 0.6) is 5.75 Å². The lowest BCUT2D eigenvalue weighted by atomic mass is 10.1. The second-order valence-electron chi connectivity index (χ2n) is 4.15. The number of ether oxygens (including phenoxy) is 3. The predicted octanol–water partition coefficient (Wildman–Crippen LogP) is 3.22. The summed E-state index contributed by atoms with van der Waals surface area (Å²) in [5.41, 5.74) is 0.607. The molecule has 0 bridgehead atoms. The first-order valence-electron chi connectivity index (χ1n) is 6.93. The van der Waals surface area contributed by atoms with Gasteiger partial charge in [-0.1, -0.05) is 0 Å². The van der Waals surface area contributed by atoms with E-state index < -0.39 is 0 Å². The molecule has 0 aliphatic heterocycles. The monoisotopic (exact) mass is 296 g/mol. The molecule has 0 saturated carbocycles. The fraction of sp³-hybridized carbons (Fsp3) is 0.500. The smallest absolute Gasteiger partial charge is 0.308 e. The van der Waals surface area contributed by atoms with E-state index >= 15 is 0 Å². The van der Waals surface area contributed by atoms with E-state index in [2.05, 4.69) is 0 Å². The zero-order chi connectivity index (χ0) is 16.3. The summed E-state index contributed by atoms with van der Waals surface area (Å²) in [6.45, 7) is 10.1. The first-order valence-corrected chi connectivity index (χ1v) is 6.93. The van der Waals surface area contributed by atoms with Gasteiger partial charge < -0.3 is 14.2 Å². The number of rotatable bonds is 6. The van der Waals surface area contributed by atoms with Crippen LogP contribution >= 0.6 is 0 Å². The Kier molecular flexibility index (Phi) is 10.1. The fourth-order valence-corrected chi connectivity index (χ4v) is 1.44. The minimum Gasteiger partial charge on any atom is -0.427 e. The van der Waals surface area contributed by atoms with Gasteiger partial charge in [0, 0.05) is 25.7 Å². The van der Waals surface area contributed by atoms with Gasteiger partial charge in [0.15, 0.2) is 12.1 Å². The molecule has 0 heterocycles. The molecule has 1 aromatic rings. The third kappa shape index (κ3) is 9.76. The van der Waals surface area contributed by atoms with Gasteiger partial charge in [-0.15, -0.1) is 0 Å². The van der Waals surface area contributed by atoms with Crippen LogP contribution in [0.1, 0.15) is 45.0 Å². The molecule has 5 nitrogen and oxygen atoms in total. The maximum absolute atomic E-state index is 10.9. The van der Waals surface area contributed by atoms with Gasteiger partial charge >= 0.3 is 5.97 Å². The van der Waals surface area contributed by atoms with Crippen molar-refractivity contribution in [1.29, 1.82) is 0 Å². The molecule has 0 atom stereocenters. The summed E-state index contributed by atoms with van der Waals surface area (Å²) in [5.74, 6) is 0.0856. The SMILES string of the molecule is CC(=O)Oc1ccc(C(C)=O)cc1.CCOC(C)OCC. The van der Waals surface area contributed by atoms with Crippen LogP contribution in [-0.4, -0.2) is 31.3 Å². The summed E-state index contributed by atoms with van der Waals surface area (Å²) in [6.07, 6.45) is -0.0370. The van der Waals surface area contributed by atoms with Crippen molar-refractivity contribution in [2.75, 3.05) is 13.2 Å².